The fourth-order valence-corrected chi connectivity index (χ4v) is 4.22. The topological polar surface area (TPSA) is 55.8 Å². The predicted molar refractivity (Wildman–Crippen MR) is 99.9 cm³/mol. The molecule has 138 valence electrons. The summed E-state index contributed by atoms with van der Waals surface area (Å²) in [4.78, 5) is 5.99. The number of hydroxylamine groups is 1. The zero-order valence-corrected chi connectivity index (χ0v) is 15.8. The fourth-order valence-electron chi connectivity index (χ4n) is 2.83. The molecule has 0 saturated carbocycles. The minimum atomic E-state index is -3.78. The Morgan fingerprint density at radius 1 is 1.08 bits per heavy atom. The number of methoxy groups -OCH3 is 1. The van der Waals surface area contributed by atoms with Crippen molar-refractivity contribution in [2.75, 3.05) is 7.11 Å². The van der Waals surface area contributed by atoms with Crippen molar-refractivity contribution in [3.8, 4) is 5.75 Å². The maximum absolute atomic E-state index is 13.1. The van der Waals surface area contributed by atoms with Gasteiger partial charge in [0.1, 0.15) is 17.6 Å². The molecular formula is C20H23NO4S. The first-order valence-corrected chi connectivity index (χ1v) is 10.1. The number of ether oxygens (including phenoxy) is 1. The first kappa shape index (κ1) is 18.5. The van der Waals surface area contributed by atoms with Crippen LogP contribution in [0.1, 0.15) is 37.8 Å². The van der Waals surface area contributed by atoms with Gasteiger partial charge in [0.05, 0.1) is 12.0 Å². The van der Waals surface area contributed by atoms with Crippen molar-refractivity contribution < 1.29 is 18.0 Å². The Kier molecular flexibility index (Phi) is 5.64. The van der Waals surface area contributed by atoms with Gasteiger partial charge < -0.3 is 9.57 Å². The molecule has 1 heterocycles. The lowest BCUT2D eigenvalue weighted by Gasteiger charge is -2.23. The molecule has 5 nitrogen and oxygen atoms in total. The van der Waals surface area contributed by atoms with Gasteiger partial charge in [0.15, 0.2) is 0 Å². The quantitative estimate of drug-likeness (QED) is 0.720. The summed E-state index contributed by atoms with van der Waals surface area (Å²) in [6.07, 6.45) is 4.56. The van der Waals surface area contributed by atoms with Crippen molar-refractivity contribution in [1.29, 1.82) is 0 Å². The lowest BCUT2D eigenvalue weighted by Crippen LogP contribution is -2.30. The fraction of sp³-hybridized carbons (Fsp3) is 0.300. The van der Waals surface area contributed by atoms with E-state index < -0.39 is 16.1 Å². The molecule has 1 unspecified atom stereocenters. The number of benzene rings is 2. The second kappa shape index (κ2) is 7.93. The molecule has 0 amide bonds. The van der Waals surface area contributed by atoms with Crippen molar-refractivity contribution in [3.05, 3.63) is 72.0 Å². The van der Waals surface area contributed by atoms with Crippen LogP contribution in [-0.2, 0) is 14.9 Å². The highest BCUT2D eigenvalue weighted by molar-refractivity contribution is 7.89. The SMILES string of the molecule is CCCCC1=CC(c2ccc(OC)cc2)N(S(=O)(=O)c2ccccc2)O1. The van der Waals surface area contributed by atoms with Crippen molar-refractivity contribution in [3.63, 3.8) is 0 Å². The number of hydrogen-bond acceptors (Lipinski definition) is 4. The molecule has 6 heteroatoms. The van der Waals surface area contributed by atoms with E-state index in [2.05, 4.69) is 6.92 Å². The van der Waals surface area contributed by atoms with E-state index in [4.69, 9.17) is 9.57 Å². The largest absolute Gasteiger partial charge is 0.497 e. The van der Waals surface area contributed by atoms with Crippen molar-refractivity contribution in [2.45, 2.75) is 37.1 Å². The number of allylic oxidation sites excluding steroid dienone is 1. The van der Waals surface area contributed by atoms with E-state index in [1.54, 1.807) is 37.4 Å². The van der Waals surface area contributed by atoms with Gasteiger partial charge in [0.25, 0.3) is 10.0 Å². The summed E-state index contributed by atoms with van der Waals surface area (Å²) in [6.45, 7) is 2.09. The summed E-state index contributed by atoms with van der Waals surface area (Å²) in [7, 11) is -2.18. The Labute approximate surface area is 154 Å². The number of nitrogens with zero attached hydrogens (tertiary/aromatic N) is 1. The van der Waals surface area contributed by atoms with Crippen LogP contribution in [0.5, 0.6) is 5.75 Å². The minimum Gasteiger partial charge on any atom is -0.497 e. The summed E-state index contributed by atoms with van der Waals surface area (Å²) < 4.78 is 32.5. The first-order chi connectivity index (χ1) is 12.6. The predicted octanol–water partition coefficient (Wildman–Crippen LogP) is 4.45. The van der Waals surface area contributed by atoms with Gasteiger partial charge in [-0.3, -0.25) is 0 Å². The van der Waals surface area contributed by atoms with E-state index in [9.17, 15) is 8.42 Å². The maximum atomic E-state index is 13.1. The summed E-state index contributed by atoms with van der Waals surface area (Å²) in [5.41, 5.74) is 0.830. The molecule has 1 aliphatic heterocycles. The monoisotopic (exact) mass is 373 g/mol. The second-order valence-corrected chi connectivity index (χ2v) is 7.90. The lowest BCUT2D eigenvalue weighted by molar-refractivity contribution is -0.0355. The van der Waals surface area contributed by atoms with Gasteiger partial charge in [-0.05, 0) is 46.8 Å². The maximum Gasteiger partial charge on any atom is 0.274 e. The molecule has 0 fully saturated rings. The molecule has 0 aromatic heterocycles. The number of unbranched alkanes of at least 4 members (excludes halogenated alkanes) is 1. The van der Waals surface area contributed by atoms with Crippen LogP contribution < -0.4 is 4.74 Å². The van der Waals surface area contributed by atoms with Crippen LogP contribution in [0.4, 0.5) is 0 Å². The van der Waals surface area contributed by atoms with Gasteiger partial charge in [-0.25, -0.2) is 8.42 Å². The highest BCUT2D eigenvalue weighted by Crippen LogP contribution is 2.38. The molecule has 0 spiro atoms. The smallest absolute Gasteiger partial charge is 0.274 e. The third-order valence-electron chi connectivity index (χ3n) is 4.29. The molecule has 2 aromatic carbocycles. The summed E-state index contributed by atoms with van der Waals surface area (Å²) in [6, 6.07) is 15.2. The van der Waals surface area contributed by atoms with Crippen LogP contribution in [0.2, 0.25) is 0 Å². The molecule has 0 saturated heterocycles. The second-order valence-electron chi connectivity index (χ2n) is 6.12. The molecule has 0 aliphatic carbocycles. The highest BCUT2D eigenvalue weighted by Gasteiger charge is 2.38. The average Bonchev–Trinajstić information content (AvgIpc) is 3.12. The van der Waals surface area contributed by atoms with E-state index in [0.717, 1.165) is 28.6 Å². The van der Waals surface area contributed by atoms with E-state index in [1.807, 2.05) is 30.3 Å². The summed E-state index contributed by atoms with van der Waals surface area (Å²) >= 11 is 0. The Balaban J connectivity index is 1.96. The van der Waals surface area contributed by atoms with Crippen LogP contribution in [0, 0.1) is 0 Å². The number of sulfonamides is 1. The van der Waals surface area contributed by atoms with Gasteiger partial charge >= 0.3 is 0 Å². The van der Waals surface area contributed by atoms with Crippen molar-refractivity contribution in [2.24, 2.45) is 0 Å². The Morgan fingerprint density at radius 2 is 1.77 bits per heavy atom. The minimum absolute atomic E-state index is 0.212. The van der Waals surface area contributed by atoms with Crippen LogP contribution in [-0.4, -0.2) is 20.0 Å². The van der Waals surface area contributed by atoms with Crippen molar-refractivity contribution >= 4 is 10.0 Å². The molecule has 26 heavy (non-hydrogen) atoms. The zero-order valence-electron chi connectivity index (χ0n) is 15.0. The molecule has 1 aliphatic rings. The Hall–Kier alpha value is -2.31. The summed E-state index contributed by atoms with van der Waals surface area (Å²) in [5, 5.41) is 0. The van der Waals surface area contributed by atoms with Crippen molar-refractivity contribution in [1.82, 2.24) is 4.47 Å². The van der Waals surface area contributed by atoms with Crippen LogP contribution >= 0.6 is 0 Å². The normalized spacial score (nSPS) is 17.6. The Bertz CT molecular complexity index is 860. The Morgan fingerprint density at radius 3 is 2.38 bits per heavy atom. The highest BCUT2D eigenvalue weighted by atomic mass is 32.2. The van der Waals surface area contributed by atoms with Gasteiger partial charge in [0.2, 0.25) is 0 Å². The summed E-state index contributed by atoms with van der Waals surface area (Å²) in [5.74, 6) is 1.41. The average molecular weight is 373 g/mol. The molecule has 1 atom stereocenters. The van der Waals surface area contributed by atoms with Crippen LogP contribution in [0.3, 0.4) is 0 Å². The number of hydrogen-bond donors (Lipinski definition) is 0. The third kappa shape index (κ3) is 3.76. The molecule has 0 radical (unpaired) electrons. The molecule has 0 N–H and O–H groups in total. The molecular weight excluding hydrogens is 350 g/mol. The van der Waals surface area contributed by atoms with E-state index in [1.165, 1.54) is 0 Å². The molecule has 0 bridgehead atoms. The first-order valence-electron chi connectivity index (χ1n) is 8.68. The van der Waals surface area contributed by atoms with Crippen LogP contribution in [0.25, 0.3) is 0 Å². The van der Waals surface area contributed by atoms with Gasteiger partial charge in [-0.15, -0.1) is 0 Å². The van der Waals surface area contributed by atoms with E-state index >= 15 is 0 Å². The third-order valence-corrected chi connectivity index (χ3v) is 5.93. The van der Waals surface area contributed by atoms with Gasteiger partial charge in [0, 0.05) is 6.42 Å². The van der Waals surface area contributed by atoms with Gasteiger partial charge in [-0.1, -0.05) is 43.7 Å². The standard InChI is InChI=1S/C20H23NO4S/c1-3-4-8-18-15-20(16-11-13-17(24-2)14-12-16)21(25-18)26(22,23)19-9-6-5-7-10-19/h5-7,9-15,20H,3-4,8H2,1-2H3. The molecule has 3 rings (SSSR count). The van der Waals surface area contributed by atoms with E-state index in [-0.39, 0.29) is 4.90 Å². The number of rotatable bonds is 7. The van der Waals surface area contributed by atoms with E-state index in [0.29, 0.717) is 12.2 Å². The van der Waals surface area contributed by atoms with Crippen LogP contribution in [0.15, 0.2) is 71.3 Å². The molecule has 2 aromatic rings. The lowest BCUT2D eigenvalue weighted by atomic mass is 10.1. The van der Waals surface area contributed by atoms with Gasteiger partial charge in [-0.2, -0.15) is 0 Å². The zero-order chi connectivity index (χ0) is 18.6.